The molecule has 1 aliphatic rings. The number of benzene rings is 3. The number of fused-ring (bicyclic) bond motifs is 4. The molecule has 3 aromatic carbocycles. The predicted octanol–water partition coefficient (Wildman–Crippen LogP) is 8.67. The third kappa shape index (κ3) is 5.00. The predicted molar refractivity (Wildman–Crippen MR) is 169 cm³/mol. The van der Waals surface area contributed by atoms with Crippen LogP contribution in [-0.4, -0.2) is 24.6 Å². The number of phenolic OH excluding ortho intramolecular Hbond substituents is 1. The zero-order valence-electron chi connectivity index (χ0n) is 24.7. The number of hydrogen-bond acceptors (Lipinski definition) is 4. The van der Waals surface area contributed by atoms with Gasteiger partial charge in [0, 0.05) is 32.8 Å². The number of imidazole rings is 1. The molecule has 0 fully saturated rings. The van der Waals surface area contributed by atoms with Crippen molar-refractivity contribution in [3.05, 3.63) is 114 Å². The summed E-state index contributed by atoms with van der Waals surface area (Å²) in [5.74, 6) is 1.74. The van der Waals surface area contributed by atoms with Crippen molar-refractivity contribution in [1.82, 2.24) is 19.5 Å². The third-order valence-corrected chi connectivity index (χ3v) is 8.36. The van der Waals surface area contributed by atoms with Crippen molar-refractivity contribution in [1.29, 1.82) is 0 Å². The molecule has 1 aliphatic carbocycles. The van der Waals surface area contributed by atoms with Gasteiger partial charge < -0.3 is 14.7 Å². The van der Waals surface area contributed by atoms with E-state index in [2.05, 4.69) is 92.0 Å². The van der Waals surface area contributed by atoms with Crippen molar-refractivity contribution in [3.63, 3.8) is 0 Å². The van der Waals surface area contributed by atoms with E-state index < -0.39 is 0 Å². The van der Waals surface area contributed by atoms with Gasteiger partial charge in [-0.1, -0.05) is 94.1 Å². The second kappa shape index (κ2) is 11.5. The molecule has 43 heavy (non-hydrogen) atoms. The Morgan fingerprint density at radius 2 is 1.51 bits per heavy atom. The topological polar surface area (TPSA) is 63.8 Å². The Morgan fingerprint density at radius 3 is 2.28 bits per heavy atom. The largest absolute Gasteiger partial charge is 0.507 e. The molecule has 0 radical (unpaired) electrons. The molecule has 0 unspecified atom stereocenters. The van der Waals surface area contributed by atoms with Crippen LogP contribution >= 0.6 is 0 Å². The fraction of sp³-hybridized carbons (Fsp3) is 0.216. The van der Waals surface area contributed by atoms with Crippen LogP contribution in [0.2, 0.25) is 0 Å². The van der Waals surface area contributed by atoms with E-state index in [4.69, 9.17) is 9.97 Å². The van der Waals surface area contributed by atoms with Crippen LogP contribution in [-0.2, 0) is 33.9 Å². The maximum Gasteiger partial charge on any atom is 0.125 e. The fourth-order valence-corrected chi connectivity index (χ4v) is 6.26. The molecule has 3 heterocycles. The number of phenols is 1. The molecular formula is C37H33N4OPt-. The summed E-state index contributed by atoms with van der Waals surface area (Å²) in [6.45, 7) is 8.96. The third-order valence-electron chi connectivity index (χ3n) is 8.36. The number of aromatic nitrogens is 4. The summed E-state index contributed by atoms with van der Waals surface area (Å²) < 4.78 is 2.25. The first-order valence-corrected chi connectivity index (χ1v) is 14.7. The number of pyridine rings is 2. The smallest absolute Gasteiger partial charge is 0.125 e. The van der Waals surface area contributed by atoms with E-state index in [0.717, 1.165) is 74.6 Å². The van der Waals surface area contributed by atoms with E-state index in [-0.39, 0.29) is 26.8 Å². The number of rotatable bonds is 5. The van der Waals surface area contributed by atoms with Crippen LogP contribution in [0.4, 0.5) is 0 Å². The minimum Gasteiger partial charge on any atom is -0.507 e. The van der Waals surface area contributed by atoms with Crippen LogP contribution in [0, 0.1) is 6.07 Å². The number of nitrogens with zero attached hydrogens (tertiary/aromatic N) is 4. The molecule has 3 aromatic heterocycles. The van der Waals surface area contributed by atoms with E-state index in [1.54, 1.807) is 12.3 Å². The molecule has 0 bridgehead atoms. The molecular weight excluding hydrogens is 712 g/mol. The van der Waals surface area contributed by atoms with Gasteiger partial charge in [-0.05, 0) is 64.6 Å². The summed E-state index contributed by atoms with van der Waals surface area (Å²) in [7, 11) is 0. The summed E-state index contributed by atoms with van der Waals surface area (Å²) >= 11 is 0. The number of para-hydroxylation sites is 1. The Hall–Kier alpha value is -4.08. The van der Waals surface area contributed by atoms with Gasteiger partial charge in [0.05, 0.1) is 17.1 Å². The molecule has 0 spiro atoms. The van der Waals surface area contributed by atoms with Crippen LogP contribution < -0.4 is 0 Å². The van der Waals surface area contributed by atoms with Crippen LogP contribution in [0.5, 0.6) is 5.75 Å². The van der Waals surface area contributed by atoms with E-state index in [1.165, 1.54) is 11.1 Å². The summed E-state index contributed by atoms with van der Waals surface area (Å²) in [4.78, 5) is 15.0. The number of aryl methyl sites for hydroxylation is 2. The average molecular weight is 745 g/mol. The zero-order chi connectivity index (χ0) is 29.0. The molecule has 1 N–H and O–H groups in total. The van der Waals surface area contributed by atoms with Gasteiger partial charge in [-0.3, -0.25) is 0 Å². The normalized spacial score (nSPS) is 12.3. The maximum absolute atomic E-state index is 10.8. The summed E-state index contributed by atoms with van der Waals surface area (Å²) in [5.41, 5.74) is 11.1. The number of aromatic hydroxyl groups is 1. The quantitative estimate of drug-likeness (QED) is 0.180. The Kier molecular flexibility index (Phi) is 7.79. The van der Waals surface area contributed by atoms with Crippen molar-refractivity contribution in [2.75, 3.05) is 0 Å². The van der Waals surface area contributed by atoms with Crippen LogP contribution in [0.25, 0.3) is 50.6 Å². The molecule has 5 nitrogen and oxygen atoms in total. The monoisotopic (exact) mass is 744 g/mol. The molecule has 6 aromatic rings. The van der Waals surface area contributed by atoms with Crippen LogP contribution in [0.3, 0.4) is 0 Å². The zero-order valence-corrected chi connectivity index (χ0v) is 27.0. The molecule has 218 valence electrons. The minimum absolute atomic E-state index is 0. The molecule has 6 heteroatoms. The summed E-state index contributed by atoms with van der Waals surface area (Å²) in [6.07, 6.45) is 5.70. The Balaban J connectivity index is 0.00000329. The van der Waals surface area contributed by atoms with Gasteiger partial charge in [0.1, 0.15) is 17.3 Å². The van der Waals surface area contributed by atoms with Crippen molar-refractivity contribution in [2.45, 2.75) is 52.4 Å². The van der Waals surface area contributed by atoms with Gasteiger partial charge in [-0.2, -0.15) is 0 Å². The first-order chi connectivity index (χ1) is 20.4. The van der Waals surface area contributed by atoms with Crippen molar-refractivity contribution in [3.8, 4) is 45.5 Å². The van der Waals surface area contributed by atoms with Crippen LogP contribution in [0.1, 0.15) is 61.8 Å². The number of hydrogen-bond donors (Lipinski definition) is 1. The second-order valence-electron chi connectivity index (χ2n) is 11.7. The second-order valence-corrected chi connectivity index (χ2v) is 11.7. The van der Waals surface area contributed by atoms with E-state index >= 15 is 0 Å². The molecule has 0 atom stereocenters. The van der Waals surface area contributed by atoms with Gasteiger partial charge in [0.2, 0.25) is 0 Å². The standard InChI is InChI=1S/C37H33N4O.Pt/c1-22(2)26-10-6-11-27(23(3)4)36(26)41-21-32(40-37(41)29-12-7-14-30-28(29)13-8-20-38-30)31-19-18-25-17-16-24-9-5-15-33(42)34(24)35(25)39-31;/h5-12,14-15,18-23,42H,16-17H2,1-4H3;/q-1;. The van der Waals surface area contributed by atoms with Crippen molar-refractivity contribution in [2.24, 2.45) is 0 Å². The summed E-state index contributed by atoms with van der Waals surface area (Å²) in [6, 6.07) is 28.0. The van der Waals surface area contributed by atoms with Gasteiger partial charge in [-0.25, -0.2) is 9.97 Å². The van der Waals surface area contributed by atoms with Gasteiger partial charge in [0.15, 0.2) is 0 Å². The fourth-order valence-electron chi connectivity index (χ4n) is 6.26. The molecule has 0 saturated carbocycles. The Labute approximate surface area is 267 Å². The maximum atomic E-state index is 10.8. The van der Waals surface area contributed by atoms with Gasteiger partial charge in [-0.15, -0.1) is 17.5 Å². The molecule has 0 saturated heterocycles. The first kappa shape index (κ1) is 29.0. The molecule has 0 aliphatic heterocycles. The van der Waals surface area contributed by atoms with E-state index in [9.17, 15) is 5.11 Å². The SMILES string of the molecule is CC(C)c1cccc(C(C)C)c1-n1cc(-c2ccc3c(n2)-c2c(O)cccc2CC3)nc1-c1cccc2ncc[c-]c12.[Pt]. The van der Waals surface area contributed by atoms with Gasteiger partial charge >= 0.3 is 0 Å². The van der Waals surface area contributed by atoms with Gasteiger partial charge in [0.25, 0.3) is 0 Å². The van der Waals surface area contributed by atoms with E-state index in [1.807, 2.05) is 24.3 Å². The Morgan fingerprint density at radius 1 is 0.791 bits per heavy atom. The van der Waals surface area contributed by atoms with E-state index in [0.29, 0.717) is 11.8 Å². The van der Waals surface area contributed by atoms with Crippen molar-refractivity contribution < 1.29 is 26.2 Å². The van der Waals surface area contributed by atoms with Crippen molar-refractivity contribution >= 4 is 10.9 Å². The minimum atomic E-state index is 0. The molecule has 0 amide bonds. The average Bonchev–Trinajstić information content (AvgIpc) is 3.45. The van der Waals surface area contributed by atoms with Crippen LogP contribution in [0.15, 0.2) is 85.2 Å². The molecule has 7 rings (SSSR count). The first-order valence-electron chi connectivity index (χ1n) is 14.7. The Bertz CT molecular complexity index is 1940. The summed E-state index contributed by atoms with van der Waals surface area (Å²) in [5, 5.41) is 11.7.